The zero-order valence-corrected chi connectivity index (χ0v) is 49.4. The number of nitrogens with one attached hydrogen (secondary N) is 1. The highest BCUT2D eigenvalue weighted by molar-refractivity contribution is 5.76. The number of carbonyl (C=O) groups excluding carboxylic acids is 2. The maximum absolute atomic E-state index is 12.5. The van der Waals surface area contributed by atoms with E-state index >= 15 is 0 Å². The average molecular weight is 1030 g/mol. The number of ether oxygens (including phenoxy) is 1. The van der Waals surface area contributed by atoms with Crippen molar-refractivity contribution in [2.24, 2.45) is 0 Å². The lowest BCUT2D eigenvalue weighted by Crippen LogP contribution is -2.45. The number of unbranched alkanes of at least 4 members (excludes halogenated alkanes) is 47. The first-order valence-electron chi connectivity index (χ1n) is 33.1. The Kier molecular flexibility index (Phi) is 61.4. The fourth-order valence-electron chi connectivity index (χ4n) is 10.4. The lowest BCUT2D eigenvalue weighted by Gasteiger charge is -2.22. The smallest absolute Gasteiger partial charge is 0.305 e. The molecule has 0 aromatic carbocycles. The SMILES string of the molecule is CCCCCC/C=C\CCCCCCCC(=O)OCCCCCCCCCC/C=C\CCCCCCCCCC(=O)NC(CO)C(O)CCCCCCCCCCCCCCCCCCCCCCCCCC. The summed E-state index contributed by atoms with van der Waals surface area (Å²) in [5, 5.41) is 23.4. The number of rotatable bonds is 62. The molecule has 0 aliphatic carbocycles. The predicted octanol–water partition coefficient (Wildman–Crippen LogP) is 21.0. The molecule has 0 aromatic rings. The molecule has 2 atom stereocenters. The van der Waals surface area contributed by atoms with E-state index in [9.17, 15) is 19.8 Å². The molecule has 6 nitrogen and oxygen atoms in total. The van der Waals surface area contributed by atoms with Gasteiger partial charge >= 0.3 is 5.97 Å². The van der Waals surface area contributed by atoms with Gasteiger partial charge in [-0.2, -0.15) is 0 Å². The Morgan fingerprint density at radius 1 is 0.370 bits per heavy atom. The number of esters is 1. The predicted molar refractivity (Wildman–Crippen MR) is 320 cm³/mol. The monoisotopic (exact) mass is 1030 g/mol. The van der Waals surface area contributed by atoms with Crippen LogP contribution in [0.3, 0.4) is 0 Å². The zero-order chi connectivity index (χ0) is 52.9. The first-order chi connectivity index (χ1) is 36.0. The standard InChI is InChI=1S/C67H129NO5/c1-3-5-7-9-11-13-15-17-18-19-20-21-22-23-24-26-29-32-36-39-43-47-51-55-59-65(70)64(63-69)68-66(71)60-56-52-48-44-40-37-33-30-27-25-28-31-34-38-42-46-50-54-58-62-73-67(72)61-57-53-49-45-41-35-16-14-12-10-8-6-4-2/h14,16,25,27,64-65,69-70H,3-13,15,17-24,26,28-63H2,1-2H3,(H,68,71)/b16-14-,27-25-. The molecule has 0 spiro atoms. The minimum Gasteiger partial charge on any atom is -0.466 e. The third-order valence-corrected chi connectivity index (χ3v) is 15.5. The number of hydrogen-bond acceptors (Lipinski definition) is 5. The first-order valence-corrected chi connectivity index (χ1v) is 33.1. The fraction of sp³-hybridized carbons (Fsp3) is 0.910. The van der Waals surface area contributed by atoms with Gasteiger partial charge in [-0.05, 0) is 77.0 Å². The quantitative estimate of drug-likeness (QED) is 0.0320. The largest absolute Gasteiger partial charge is 0.466 e. The summed E-state index contributed by atoms with van der Waals surface area (Å²) in [6.07, 6.45) is 77.7. The second kappa shape index (κ2) is 62.9. The molecule has 0 saturated heterocycles. The van der Waals surface area contributed by atoms with Gasteiger partial charge < -0.3 is 20.3 Å². The van der Waals surface area contributed by atoms with Crippen LogP contribution in [0.25, 0.3) is 0 Å². The minimum absolute atomic E-state index is 0.00449. The summed E-state index contributed by atoms with van der Waals surface area (Å²) < 4.78 is 5.47. The number of allylic oxidation sites excluding steroid dienone is 4. The topological polar surface area (TPSA) is 95.9 Å². The third-order valence-electron chi connectivity index (χ3n) is 15.5. The highest BCUT2D eigenvalue weighted by atomic mass is 16.5. The van der Waals surface area contributed by atoms with Crippen LogP contribution in [-0.2, 0) is 14.3 Å². The summed E-state index contributed by atoms with van der Waals surface area (Å²) in [4.78, 5) is 24.6. The van der Waals surface area contributed by atoms with E-state index in [0.29, 0.717) is 25.9 Å². The van der Waals surface area contributed by atoms with E-state index < -0.39 is 12.1 Å². The highest BCUT2D eigenvalue weighted by Crippen LogP contribution is 2.18. The maximum Gasteiger partial charge on any atom is 0.305 e. The van der Waals surface area contributed by atoms with Crippen molar-refractivity contribution in [2.75, 3.05) is 13.2 Å². The van der Waals surface area contributed by atoms with Crippen molar-refractivity contribution in [1.29, 1.82) is 0 Å². The van der Waals surface area contributed by atoms with E-state index in [1.807, 2.05) is 0 Å². The molecule has 432 valence electrons. The zero-order valence-electron chi connectivity index (χ0n) is 49.4. The van der Waals surface area contributed by atoms with Crippen molar-refractivity contribution in [2.45, 2.75) is 379 Å². The van der Waals surface area contributed by atoms with Gasteiger partial charge in [0.1, 0.15) is 0 Å². The molecule has 0 saturated carbocycles. The van der Waals surface area contributed by atoms with Crippen molar-refractivity contribution >= 4 is 11.9 Å². The van der Waals surface area contributed by atoms with Gasteiger partial charge in [-0.25, -0.2) is 0 Å². The van der Waals surface area contributed by atoms with Crippen LogP contribution in [0, 0.1) is 0 Å². The number of aliphatic hydroxyl groups is 2. The molecule has 0 bridgehead atoms. The Hall–Kier alpha value is -1.66. The van der Waals surface area contributed by atoms with Crippen molar-refractivity contribution < 1.29 is 24.5 Å². The van der Waals surface area contributed by atoms with Crippen molar-refractivity contribution in [3.63, 3.8) is 0 Å². The molecular weight excluding hydrogens is 899 g/mol. The average Bonchev–Trinajstić information content (AvgIpc) is 3.39. The highest BCUT2D eigenvalue weighted by Gasteiger charge is 2.20. The van der Waals surface area contributed by atoms with Crippen LogP contribution in [-0.4, -0.2) is 47.4 Å². The molecule has 1 amide bonds. The molecular formula is C67H129NO5. The van der Waals surface area contributed by atoms with Gasteiger partial charge in [-0.3, -0.25) is 9.59 Å². The molecule has 0 heterocycles. The van der Waals surface area contributed by atoms with Crippen LogP contribution < -0.4 is 5.32 Å². The molecule has 0 radical (unpaired) electrons. The van der Waals surface area contributed by atoms with Crippen molar-refractivity contribution in [1.82, 2.24) is 5.32 Å². The third kappa shape index (κ3) is 59.4. The second-order valence-corrected chi connectivity index (χ2v) is 22.8. The Morgan fingerprint density at radius 2 is 0.644 bits per heavy atom. The summed E-state index contributed by atoms with van der Waals surface area (Å²) in [7, 11) is 0. The van der Waals surface area contributed by atoms with E-state index in [-0.39, 0.29) is 18.5 Å². The minimum atomic E-state index is -0.672. The summed E-state index contributed by atoms with van der Waals surface area (Å²) in [5.74, 6) is -0.0452. The molecule has 0 aromatic heterocycles. The Balaban J connectivity index is 3.44. The van der Waals surface area contributed by atoms with Gasteiger partial charge in [0.15, 0.2) is 0 Å². The van der Waals surface area contributed by atoms with E-state index in [0.717, 1.165) is 44.9 Å². The van der Waals surface area contributed by atoms with Gasteiger partial charge in [0.05, 0.1) is 25.4 Å². The van der Waals surface area contributed by atoms with Crippen molar-refractivity contribution in [3.8, 4) is 0 Å². The molecule has 73 heavy (non-hydrogen) atoms. The van der Waals surface area contributed by atoms with Gasteiger partial charge in [-0.15, -0.1) is 0 Å². The molecule has 0 rings (SSSR count). The van der Waals surface area contributed by atoms with E-state index in [2.05, 4.69) is 43.5 Å². The lowest BCUT2D eigenvalue weighted by molar-refractivity contribution is -0.143. The van der Waals surface area contributed by atoms with Crippen LogP contribution in [0.1, 0.15) is 367 Å². The van der Waals surface area contributed by atoms with Gasteiger partial charge in [-0.1, -0.05) is 301 Å². The molecule has 6 heteroatoms. The van der Waals surface area contributed by atoms with E-state index in [1.54, 1.807) is 0 Å². The number of aliphatic hydroxyl groups excluding tert-OH is 2. The second-order valence-electron chi connectivity index (χ2n) is 22.8. The van der Waals surface area contributed by atoms with Crippen LogP contribution in [0.4, 0.5) is 0 Å². The maximum atomic E-state index is 12.5. The van der Waals surface area contributed by atoms with Crippen LogP contribution >= 0.6 is 0 Å². The summed E-state index contributed by atoms with van der Waals surface area (Å²) in [5.41, 5.74) is 0. The Labute approximate surface area is 456 Å². The van der Waals surface area contributed by atoms with E-state index in [1.165, 1.54) is 289 Å². The van der Waals surface area contributed by atoms with Gasteiger partial charge in [0.25, 0.3) is 0 Å². The summed E-state index contributed by atoms with van der Waals surface area (Å²) >= 11 is 0. The molecule has 2 unspecified atom stereocenters. The molecule has 3 N–H and O–H groups in total. The Bertz CT molecular complexity index is 1140. The van der Waals surface area contributed by atoms with Crippen LogP contribution in [0.5, 0.6) is 0 Å². The van der Waals surface area contributed by atoms with Crippen LogP contribution in [0.15, 0.2) is 24.3 Å². The first kappa shape index (κ1) is 71.3. The summed E-state index contributed by atoms with van der Waals surface area (Å²) in [6.45, 7) is 4.95. The van der Waals surface area contributed by atoms with Crippen molar-refractivity contribution in [3.05, 3.63) is 24.3 Å². The summed E-state index contributed by atoms with van der Waals surface area (Å²) in [6, 6.07) is -0.550. The number of carbonyl (C=O) groups is 2. The molecule has 0 fully saturated rings. The van der Waals surface area contributed by atoms with Crippen LogP contribution in [0.2, 0.25) is 0 Å². The van der Waals surface area contributed by atoms with E-state index in [4.69, 9.17) is 4.74 Å². The number of amides is 1. The Morgan fingerprint density at radius 3 is 0.986 bits per heavy atom. The van der Waals surface area contributed by atoms with Gasteiger partial charge in [0, 0.05) is 12.8 Å². The van der Waals surface area contributed by atoms with Gasteiger partial charge in [0.2, 0.25) is 5.91 Å². The molecule has 0 aliphatic rings. The fourth-order valence-corrected chi connectivity index (χ4v) is 10.4. The molecule has 0 aliphatic heterocycles. The normalized spacial score (nSPS) is 12.7. The number of hydrogen-bond donors (Lipinski definition) is 3. The lowest BCUT2D eigenvalue weighted by atomic mass is 10.0.